The third-order valence-corrected chi connectivity index (χ3v) is 4.86. The Balaban J connectivity index is 1.44. The summed E-state index contributed by atoms with van der Waals surface area (Å²) in [5.41, 5.74) is 7.63. The normalized spacial score (nSPS) is 14.4. The van der Waals surface area contributed by atoms with Gasteiger partial charge in [0, 0.05) is 37.0 Å². The first-order valence-electron chi connectivity index (χ1n) is 9.70. The minimum absolute atomic E-state index is 0.111. The first-order chi connectivity index (χ1) is 13.8. The van der Waals surface area contributed by atoms with E-state index in [1.807, 2.05) is 41.1 Å². The summed E-state index contributed by atoms with van der Waals surface area (Å²) >= 11 is 0. The lowest BCUT2D eigenvalue weighted by molar-refractivity contribution is 0.300. The number of aromatic nitrogens is 3. The van der Waals surface area contributed by atoms with E-state index in [1.54, 1.807) is 6.20 Å². The molecule has 0 aliphatic heterocycles. The molecule has 1 aliphatic carbocycles. The van der Waals surface area contributed by atoms with Gasteiger partial charge in [0.05, 0.1) is 12.6 Å². The van der Waals surface area contributed by atoms with E-state index in [0.717, 1.165) is 41.8 Å². The van der Waals surface area contributed by atoms with Gasteiger partial charge in [-0.2, -0.15) is 0 Å². The molecule has 6 nitrogen and oxygen atoms in total. The second-order valence-corrected chi connectivity index (χ2v) is 7.00. The second-order valence-electron chi connectivity index (χ2n) is 7.00. The van der Waals surface area contributed by atoms with E-state index in [4.69, 9.17) is 15.0 Å². The molecule has 0 spiro atoms. The molecule has 2 heterocycles. The van der Waals surface area contributed by atoms with Gasteiger partial charge in [-0.1, -0.05) is 18.0 Å². The van der Waals surface area contributed by atoms with Gasteiger partial charge >= 0.3 is 0 Å². The maximum Gasteiger partial charge on any atom is 0.210 e. The molecule has 1 unspecified atom stereocenters. The van der Waals surface area contributed by atoms with Crippen LogP contribution in [0.5, 0.6) is 5.75 Å². The minimum Gasteiger partial charge on any atom is -0.493 e. The van der Waals surface area contributed by atoms with Crippen LogP contribution < -0.4 is 10.5 Å². The van der Waals surface area contributed by atoms with Crippen molar-refractivity contribution in [3.63, 3.8) is 0 Å². The minimum atomic E-state index is -0.111. The van der Waals surface area contributed by atoms with E-state index in [9.17, 15) is 0 Å². The van der Waals surface area contributed by atoms with Crippen molar-refractivity contribution in [1.82, 2.24) is 14.7 Å². The SMILES string of the molecule is CCc1nccn1C(CN)c1cc(C#Cc2ccc(OCC3CC3)cc2)on1. The molecule has 2 N–H and O–H groups in total. The molecule has 6 heteroatoms. The van der Waals surface area contributed by atoms with Crippen molar-refractivity contribution in [2.45, 2.75) is 32.2 Å². The number of benzene rings is 1. The lowest BCUT2D eigenvalue weighted by Gasteiger charge is -2.15. The van der Waals surface area contributed by atoms with Crippen LogP contribution in [0.1, 0.15) is 48.6 Å². The molecule has 1 aliphatic rings. The van der Waals surface area contributed by atoms with Crippen molar-refractivity contribution in [2.24, 2.45) is 11.7 Å². The molecule has 3 aromatic rings. The first-order valence-corrected chi connectivity index (χ1v) is 9.70. The van der Waals surface area contributed by atoms with Crippen LogP contribution in [0.15, 0.2) is 47.2 Å². The Morgan fingerprint density at radius 2 is 2.11 bits per heavy atom. The van der Waals surface area contributed by atoms with Crippen LogP contribution in [0.4, 0.5) is 0 Å². The van der Waals surface area contributed by atoms with Crippen molar-refractivity contribution < 1.29 is 9.26 Å². The number of hydrogen-bond acceptors (Lipinski definition) is 5. The van der Waals surface area contributed by atoms with Gasteiger partial charge in [0.15, 0.2) is 0 Å². The maximum absolute atomic E-state index is 5.98. The molecular weight excluding hydrogens is 352 g/mol. The molecule has 28 heavy (non-hydrogen) atoms. The fraction of sp³-hybridized carbons (Fsp3) is 0.364. The predicted molar refractivity (Wildman–Crippen MR) is 106 cm³/mol. The number of nitrogens with two attached hydrogens (primary N) is 1. The van der Waals surface area contributed by atoms with Gasteiger partial charge in [0.25, 0.3) is 0 Å². The fourth-order valence-corrected chi connectivity index (χ4v) is 3.05. The van der Waals surface area contributed by atoms with Gasteiger partial charge in [-0.05, 0) is 48.9 Å². The average Bonchev–Trinajstić information content (AvgIpc) is 3.24. The third-order valence-electron chi connectivity index (χ3n) is 4.86. The molecule has 2 aromatic heterocycles. The molecule has 0 amide bonds. The van der Waals surface area contributed by atoms with Crippen molar-refractivity contribution in [3.8, 4) is 17.6 Å². The van der Waals surface area contributed by atoms with E-state index in [1.165, 1.54) is 12.8 Å². The monoisotopic (exact) mass is 376 g/mol. The highest BCUT2D eigenvalue weighted by Crippen LogP contribution is 2.29. The van der Waals surface area contributed by atoms with Gasteiger partial charge < -0.3 is 19.6 Å². The Morgan fingerprint density at radius 1 is 1.29 bits per heavy atom. The highest BCUT2D eigenvalue weighted by atomic mass is 16.5. The van der Waals surface area contributed by atoms with Crippen LogP contribution in [0.3, 0.4) is 0 Å². The molecule has 0 saturated heterocycles. The summed E-state index contributed by atoms with van der Waals surface area (Å²) < 4.78 is 13.2. The van der Waals surface area contributed by atoms with Crippen LogP contribution >= 0.6 is 0 Å². The lowest BCUT2D eigenvalue weighted by atomic mass is 10.2. The summed E-state index contributed by atoms with van der Waals surface area (Å²) in [5.74, 6) is 9.24. The van der Waals surface area contributed by atoms with Crippen molar-refractivity contribution in [2.75, 3.05) is 13.2 Å². The van der Waals surface area contributed by atoms with E-state index in [-0.39, 0.29) is 6.04 Å². The Bertz CT molecular complexity index is 974. The number of ether oxygens (including phenoxy) is 1. The number of rotatable bonds is 7. The summed E-state index contributed by atoms with van der Waals surface area (Å²) in [6.45, 7) is 3.28. The summed E-state index contributed by atoms with van der Waals surface area (Å²) in [6.07, 6.45) is 7.10. The molecule has 4 rings (SSSR count). The molecule has 1 fully saturated rings. The number of aryl methyl sites for hydroxylation is 1. The highest BCUT2D eigenvalue weighted by molar-refractivity contribution is 5.42. The lowest BCUT2D eigenvalue weighted by Crippen LogP contribution is -2.22. The van der Waals surface area contributed by atoms with Gasteiger partial charge in [-0.15, -0.1) is 0 Å². The number of nitrogens with zero attached hydrogens (tertiary/aromatic N) is 3. The first kappa shape index (κ1) is 18.3. The van der Waals surface area contributed by atoms with E-state index < -0.39 is 0 Å². The Kier molecular flexibility index (Phi) is 5.45. The smallest absolute Gasteiger partial charge is 0.210 e. The van der Waals surface area contributed by atoms with Gasteiger partial charge in [-0.3, -0.25) is 0 Å². The van der Waals surface area contributed by atoms with Crippen LogP contribution in [-0.2, 0) is 6.42 Å². The van der Waals surface area contributed by atoms with Crippen LogP contribution in [-0.4, -0.2) is 27.9 Å². The summed E-state index contributed by atoms with van der Waals surface area (Å²) in [7, 11) is 0. The van der Waals surface area contributed by atoms with Gasteiger partial charge in [0.2, 0.25) is 5.76 Å². The van der Waals surface area contributed by atoms with Crippen LogP contribution in [0.25, 0.3) is 0 Å². The number of hydrogen-bond donors (Lipinski definition) is 1. The molecule has 1 saturated carbocycles. The van der Waals surface area contributed by atoms with Crippen molar-refractivity contribution in [3.05, 3.63) is 65.6 Å². The molecule has 1 atom stereocenters. The molecule has 0 bridgehead atoms. The third kappa shape index (κ3) is 4.26. The summed E-state index contributed by atoms with van der Waals surface area (Å²) in [5, 5.41) is 4.17. The number of imidazole rings is 1. The summed E-state index contributed by atoms with van der Waals surface area (Å²) in [6, 6.07) is 9.54. The van der Waals surface area contributed by atoms with E-state index in [2.05, 4.69) is 28.9 Å². The van der Waals surface area contributed by atoms with Crippen molar-refractivity contribution >= 4 is 0 Å². The highest BCUT2D eigenvalue weighted by Gasteiger charge is 2.21. The standard InChI is InChI=1S/C22H24N4O2/c1-2-22-24-11-12-26(22)21(14-23)20-13-19(28-25-20)10-7-16-5-8-18(9-6-16)27-15-17-3-4-17/h5-6,8-9,11-13,17,21H,2-4,14-15,23H2,1H3. The molecule has 144 valence electrons. The zero-order valence-corrected chi connectivity index (χ0v) is 16.0. The predicted octanol–water partition coefficient (Wildman–Crippen LogP) is 3.17. The van der Waals surface area contributed by atoms with Gasteiger partial charge in [-0.25, -0.2) is 4.98 Å². The molecule has 0 radical (unpaired) electrons. The maximum atomic E-state index is 5.98. The van der Waals surface area contributed by atoms with E-state index >= 15 is 0 Å². The van der Waals surface area contributed by atoms with Gasteiger partial charge in [0.1, 0.15) is 17.3 Å². The average molecular weight is 376 g/mol. The molecular formula is C22H24N4O2. The van der Waals surface area contributed by atoms with Crippen LogP contribution in [0, 0.1) is 17.8 Å². The molecule has 1 aromatic carbocycles. The van der Waals surface area contributed by atoms with Crippen LogP contribution in [0.2, 0.25) is 0 Å². The zero-order valence-electron chi connectivity index (χ0n) is 16.0. The topological polar surface area (TPSA) is 79.1 Å². The Labute approximate surface area is 164 Å². The summed E-state index contributed by atoms with van der Waals surface area (Å²) in [4.78, 5) is 4.36. The van der Waals surface area contributed by atoms with Crippen molar-refractivity contribution in [1.29, 1.82) is 0 Å². The quantitative estimate of drug-likeness (QED) is 0.641. The Hall–Kier alpha value is -3.04. The Morgan fingerprint density at radius 3 is 2.82 bits per heavy atom. The zero-order chi connectivity index (χ0) is 19.3. The second kappa shape index (κ2) is 8.32. The largest absolute Gasteiger partial charge is 0.493 e. The fourth-order valence-electron chi connectivity index (χ4n) is 3.05. The van der Waals surface area contributed by atoms with E-state index in [0.29, 0.717) is 12.3 Å².